The van der Waals surface area contributed by atoms with Gasteiger partial charge < -0.3 is 5.32 Å². The molecule has 20 heavy (non-hydrogen) atoms. The third-order valence-electron chi connectivity index (χ3n) is 4.56. The summed E-state index contributed by atoms with van der Waals surface area (Å²) < 4.78 is 13.5. The summed E-state index contributed by atoms with van der Waals surface area (Å²) in [6.45, 7) is 11.0. The zero-order valence-corrected chi connectivity index (χ0v) is 13.1. The summed E-state index contributed by atoms with van der Waals surface area (Å²) in [6, 6.07) is 8.35. The zero-order valence-electron chi connectivity index (χ0n) is 13.1. The highest BCUT2D eigenvalue weighted by Gasteiger charge is 2.32. The minimum atomic E-state index is -0.141. The molecule has 0 aromatic heterocycles. The summed E-state index contributed by atoms with van der Waals surface area (Å²) in [7, 11) is 0. The molecule has 2 rings (SSSR count). The van der Waals surface area contributed by atoms with Gasteiger partial charge in [-0.1, -0.05) is 32.9 Å². The van der Waals surface area contributed by atoms with Gasteiger partial charge in [0, 0.05) is 31.2 Å². The predicted octanol–water partition coefficient (Wildman–Crippen LogP) is 3.60. The highest BCUT2D eigenvalue weighted by molar-refractivity contribution is 5.20. The summed E-state index contributed by atoms with van der Waals surface area (Å²) >= 11 is 0. The minimum Gasteiger partial charge on any atom is -0.311 e. The van der Waals surface area contributed by atoms with Crippen LogP contribution in [0.3, 0.4) is 0 Å². The Kier molecular flexibility index (Phi) is 5.17. The third-order valence-corrected chi connectivity index (χ3v) is 4.56. The maximum atomic E-state index is 13.5. The standard InChI is InChI=1S/C17H27FN2/c1-5-16-11-20(17(10-19-16)12(2)3)13(4)14-7-6-8-15(18)9-14/h6-9,12-13,16-17,19H,5,10-11H2,1-4H3. The van der Waals surface area contributed by atoms with Crippen molar-refractivity contribution in [3.8, 4) is 0 Å². The molecule has 1 heterocycles. The second-order valence-corrected chi connectivity index (χ2v) is 6.25. The van der Waals surface area contributed by atoms with Crippen LogP contribution in [0.4, 0.5) is 4.39 Å². The molecule has 3 heteroatoms. The van der Waals surface area contributed by atoms with Gasteiger partial charge in [-0.25, -0.2) is 4.39 Å². The van der Waals surface area contributed by atoms with Crippen molar-refractivity contribution in [2.45, 2.75) is 52.2 Å². The number of halogens is 1. The minimum absolute atomic E-state index is 0.141. The van der Waals surface area contributed by atoms with Crippen LogP contribution in [0.15, 0.2) is 24.3 Å². The van der Waals surface area contributed by atoms with Crippen molar-refractivity contribution in [1.29, 1.82) is 0 Å². The van der Waals surface area contributed by atoms with Crippen LogP contribution in [0, 0.1) is 11.7 Å². The van der Waals surface area contributed by atoms with Gasteiger partial charge in [-0.05, 0) is 37.0 Å². The lowest BCUT2D eigenvalue weighted by Gasteiger charge is -2.45. The first kappa shape index (κ1) is 15.5. The summed E-state index contributed by atoms with van der Waals surface area (Å²) in [5.74, 6) is 0.453. The van der Waals surface area contributed by atoms with E-state index in [-0.39, 0.29) is 11.9 Å². The van der Waals surface area contributed by atoms with Gasteiger partial charge in [0.15, 0.2) is 0 Å². The number of hydrogen-bond donors (Lipinski definition) is 1. The second kappa shape index (κ2) is 6.68. The molecule has 1 fully saturated rings. The van der Waals surface area contributed by atoms with E-state index in [9.17, 15) is 4.39 Å². The summed E-state index contributed by atoms with van der Waals surface area (Å²) in [5, 5.41) is 3.63. The molecule has 1 aromatic carbocycles. The SMILES string of the molecule is CCC1CN(C(C)c2cccc(F)c2)C(C(C)C)CN1. The molecule has 1 saturated heterocycles. The largest absolute Gasteiger partial charge is 0.311 e. The van der Waals surface area contributed by atoms with Gasteiger partial charge in [0.1, 0.15) is 5.82 Å². The third kappa shape index (κ3) is 3.39. The Labute approximate surface area is 122 Å². The monoisotopic (exact) mass is 278 g/mol. The molecule has 1 aromatic rings. The fourth-order valence-electron chi connectivity index (χ4n) is 3.15. The highest BCUT2D eigenvalue weighted by atomic mass is 19.1. The van der Waals surface area contributed by atoms with Gasteiger partial charge >= 0.3 is 0 Å². The molecule has 0 aliphatic carbocycles. The van der Waals surface area contributed by atoms with Crippen LogP contribution in [0.5, 0.6) is 0 Å². The van der Waals surface area contributed by atoms with Gasteiger partial charge in [0.05, 0.1) is 0 Å². The topological polar surface area (TPSA) is 15.3 Å². The van der Waals surface area contributed by atoms with Gasteiger partial charge in [-0.3, -0.25) is 4.90 Å². The first-order chi connectivity index (χ1) is 9.52. The van der Waals surface area contributed by atoms with Gasteiger partial charge in [-0.2, -0.15) is 0 Å². The van der Waals surface area contributed by atoms with Crippen molar-refractivity contribution in [3.63, 3.8) is 0 Å². The summed E-state index contributed by atoms with van der Waals surface area (Å²) in [6.07, 6.45) is 1.14. The van der Waals surface area contributed by atoms with E-state index < -0.39 is 0 Å². The van der Waals surface area contributed by atoms with Crippen molar-refractivity contribution < 1.29 is 4.39 Å². The number of rotatable bonds is 4. The molecule has 1 aliphatic rings. The molecular formula is C17H27FN2. The smallest absolute Gasteiger partial charge is 0.123 e. The maximum Gasteiger partial charge on any atom is 0.123 e. The zero-order chi connectivity index (χ0) is 14.7. The molecule has 0 amide bonds. The molecule has 2 nitrogen and oxygen atoms in total. The quantitative estimate of drug-likeness (QED) is 0.905. The average Bonchev–Trinajstić information content (AvgIpc) is 2.45. The van der Waals surface area contributed by atoms with Crippen LogP contribution in [-0.2, 0) is 0 Å². The normalized spacial score (nSPS) is 25.9. The summed E-state index contributed by atoms with van der Waals surface area (Å²) in [5.41, 5.74) is 1.08. The highest BCUT2D eigenvalue weighted by Crippen LogP contribution is 2.28. The van der Waals surface area contributed by atoms with Gasteiger partial charge in [0.2, 0.25) is 0 Å². The Morgan fingerprint density at radius 1 is 1.35 bits per heavy atom. The fraction of sp³-hybridized carbons (Fsp3) is 0.647. The first-order valence-electron chi connectivity index (χ1n) is 7.77. The Hall–Kier alpha value is -0.930. The lowest BCUT2D eigenvalue weighted by Crippen LogP contribution is -2.58. The molecule has 0 bridgehead atoms. The van der Waals surface area contributed by atoms with Crippen molar-refractivity contribution in [2.24, 2.45) is 5.92 Å². The van der Waals surface area contributed by atoms with E-state index in [1.54, 1.807) is 6.07 Å². The fourth-order valence-corrected chi connectivity index (χ4v) is 3.15. The maximum absolute atomic E-state index is 13.5. The second-order valence-electron chi connectivity index (χ2n) is 6.25. The number of piperazine rings is 1. The molecule has 112 valence electrons. The summed E-state index contributed by atoms with van der Waals surface area (Å²) in [4.78, 5) is 2.55. The van der Waals surface area contributed by atoms with Crippen LogP contribution in [0.1, 0.15) is 45.7 Å². The molecular weight excluding hydrogens is 251 g/mol. The van der Waals surface area contributed by atoms with Crippen LogP contribution in [0.2, 0.25) is 0 Å². The Bertz CT molecular complexity index is 433. The Balaban J connectivity index is 2.20. The van der Waals surface area contributed by atoms with Gasteiger partial charge in [0.25, 0.3) is 0 Å². The van der Waals surface area contributed by atoms with Crippen LogP contribution in [0.25, 0.3) is 0 Å². The number of benzene rings is 1. The molecule has 1 aliphatic heterocycles. The molecule has 0 spiro atoms. The Morgan fingerprint density at radius 3 is 2.70 bits per heavy atom. The van der Waals surface area contributed by atoms with E-state index in [2.05, 4.69) is 37.9 Å². The van der Waals surface area contributed by atoms with Crippen LogP contribution < -0.4 is 5.32 Å². The van der Waals surface area contributed by atoms with E-state index in [0.29, 0.717) is 18.0 Å². The Morgan fingerprint density at radius 2 is 2.10 bits per heavy atom. The van der Waals surface area contributed by atoms with Crippen molar-refractivity contribution in [1.82, 2.24) is 10.2 Å². The van der Waals surface area contributed by atoms with E-state index in [1.807, 2.05) is 12.1 Å². The van der Waals surface area contributed by atoms with Gasteiger partial charge in [-0.15, -0.1) is 0 Å². The molecule has 3 atom stereocenters. The molecule has 3 unspecified atom stereocenters. The first-order valence-corrected chi connectivity index (χ1v) is 7.77. The van der Waals surface area contributed by atoms with Crippen LogP contribution in [-0.4, -0.2) is 30.1 Å². The van der Waals surface area contributed by atoms with Crippen molar-refractivity contribution >= 4 is 0 Å². The molecule has 1 N–H and O–H groups in total. The number of hydrogen-bond acceptors (Lipinski definition) is 2. The molecule has 0 radical (unpaired) electrons. The van der Waals surface area contributed by atoms with E-state index in [0.717, 1.165) is 25.1 Å². The van der Waals surface area contributed by atoms with Crippen LogP contribution >= 0.6 is 0 Å². The molecule has 0 saturated carbocycles. The van der Waals surface area contributed by atoms with E-state index in [1.165, 1.54) is 6.07 Å². The lowest BCUT2D eigenvalue weighted by molar-refractivity contribution is 0.0609. The number of nitrogens with one attached hydrogen (secondary N) is 1. The van der Waals surface area contributed by atoms with Crippen molar-refractivity contribution in [2.75, 3.05) is 13.1 Å². The number of nitrogens with zero attached hydrogens (tertiary/aromatic N) is 1. The van der Waals surface area contributed by atoms with E-state index >= 15 is 0 Å². The van der Waals surface area contributed by atoms with E-state index in [4.69, 9.17) is 0 Å². The average molecular weight is 278 g/mol. The van der Waals surface area contributed by atoms with Crippen molar-refractivity contribution in [3.05, 3.63) is 35.6 Å². The lowest BCUT2D eigenvalue weighted by atomic mass is 9.94. The predicted molar refractivity (Wildman–Crippen MR) is 82.2 cm³/mol.